The Bertz CT molecular complexity index is 3850. The summed E-state index contributed by atoms with van der Waals surface area (Å²) in [6.07, 6.45) is -6.00. The Balaban J connectivity index is 2.36. The number of phenolic OH excluding ortho intramolecular Hbond substituents is 2. The first kappa shape index (κ1) is 103. The Morgan fingerprint density at radius 1 is 0.378 bits per heavy atom. The number of aliphatic carboxylic acids is 3. The van der Waals surface area contributed by atoms with E-state index in [1.165, 1.54) is 74.1 Å². The second-order valence-corrected chi connectivity index (χ2v) is 30.3. The maximum atomic E-state index is 14.4. The van der Waals surface area contributed by atoms with Crippen LogP contribution in [0, 0.1) is 17.8 Å². The van der Waals surface area contributed by atoms with Crippen LogP contribution in [0.25, 0.3) is 0 Å². The van der Waals surface area contributed by atoms with E-state index >= 15 is 0 Å². The number of carbonyl (C=O) groups excluding carboxylic acids is 16. The van der Waals surface area contributed by atoms with Crippen molar-refractivity contribution in [2.75, 3.05) is 38.2 Å². The van der Waals surface area contributed by atoms with Crippen LogP contribution in [0.4, 0.5) is 0 Å². The highest BCUT2D eigenvalue weighted by molar-refractivity contribution is 7.98. The summed E-state index contributed by atoms with van der Waals surface area (Å²) in [5.41, 5.74) is 11.7. The predicted octanol–water partition coefficient (Wildman–Crippen LogP) is -7.66. The average Bonchev–Trinajstić information content (AvgIpc) is 0.857. The van der Waals surface area contributed by atoms with Crippen molar-refractivity contribution in [3.8, 4) is 11.5 Å². The Labute approximate surface area is 689 Å². The fourth-order valence-electron chi connectivity index (χ4n) is 11.1. The molecule has 27 N–H and O–H groups in total. The summed E-state index contributed by atoms with van der Waals surface area (Å²) in [7, 11) is 0. The number of rotatable bonds is 54. The SMILES string of the molecule is CSCC[C@H](NC(=O)[C@H](C)NC(=O)[C@H](CC(C)C)NC(=O)[C@H](Cc1ccc(O)cc1)NC(=O)[C@H](CCC(N)=O)NC(=O)CNC(=O)[C@@H](N)[C@@H](C)O)C(=O)N[C@@H](CC(=O)O)C(=O)N[C@H](C(=O)N[C@@H](CC(=O)O)C(=O)NCC(=O)N[C@@H](CC(C)C)C(=O)N[C@@H](CC(C)C)C(=O)N[C@@H](Cc1ccc(O)cc1)C(=O)NCC(=O)N[C@@H](CO)C(=O)O)[C@@H](C)O. The number of carboxylic acid groups (broad SMARTS) is 3. The number of aliphatic hydroxyl groups is 3. The standard InChI is InChI=1S/C74H113N17O27S/c1-34(2)23-46(68(111)86-48(25-36(5)6)69(112)87-49(26-40-11-15-42(95)16-12-40)63(106)77-31-57(100)83-53(33-92)74(117)118)82-56(99)30-78-64(107)51(28-58(101)102)90-73(116)61(39(9)94)91-71(114)52(29-59(103)104)89-66(109)45(21-22-119-10)84-62(105)37(7)80-67(110)47(24-35(3)4)85-70(113)50(27-41-13-17-43(96)18-14-41)88-65(108)44(19-20-54(75)97)81-55(98)32-79-72(115)60(76)38(8)93/h11-18,34-39,44-53,60-61,92-96H,19-33,76H2,1-10H3,(H2,75,97)(H,77,106)(H,78,107)(H,79,115)(H,80,110)(H,81,98)(H,82,99)(H,83,100)(H,84,105)(H,85,113)(H,86,111)(H,87,112)(H,88,108)(H,89,109)(H,90,116)(H,91,114)(H,101,102)(H,103,104)(H,117,118)/t37-,38+,39+,44-,45-,46-,47-,48-,49-,50-,51-,52-,53-,60-,61-/m0/s1. The van der Waals surface area contributed by atoms with E-state index in [-0.39, 0.29) is 73.5 Å². The molecule has 119 heavy (non-hydrogen) atoms. The molecule has 0 saturated carbocycles. The number of thioether (sulfide) groups is 1. The minimum atomic E-state index is -2.17. The van der Waals surface area contributed by atoms with Crippen molar-refractivity contribution < 1.29 is 132 Å². The maximum Gasteiger partial charge on any atom is 0.328 e. The monoisotopic (exact) mass is 1700 g/mol. The molecule has 0 fully saturated rings. The van der Waals surface area contributed by atoms with Gasteiger partial charge in [-0.15, -0.1) is 0 Å². The summed E-state index contributed by atoms with van der Waals surface area (Å²) in [4.78, 5) is 253. The van der Waals surface area contributed by atoms with E-state index in [0.717, 1.165) is 6.92 Å². The van der Waals surface area contributed by atoms with Crippen molar-refractivity contribution >= 4 is 124 Å². The number of aliphatic hydroxyl groups excluding tert-OH is 3. The second kappa shape index (κ2) is 52.1. The molecule has 16 amide bonds. The molecule has 15 atom stereocenters. The summed E-state index contributed by atoms with van der Waals surface area (Å²) in [5.74, 6) is -23.4. The van der Waals surface area contributed by atoms with Gasteiger partial charge in [-0.3, -0.25) is 86.3 Å². The molecular formula is C74H113N17O27S. The Kier molecular flexibility index (Phi) is 45.2. The van der Waals surface area contributed by atoms with Gasteiger partial charge in [0.05, 0.1) is 51.3 Å². The highest BCUT2D eigenvalue weighted by atomic mass is 32.2. The fraction of sp³-hybridized carbons (Fsp3) is 0.581. The van der Waals surface area contributed by atoms with Crippen molar-refractivity contribution in [1.29, 1.82) is 0 Å². The van der Waals surface area contributed by atoms with E-state index in [0.29, 0.717) is 11.1 Å². The van der Waals surface area contributed by atoms with E-state index in [9.17, 15) is 132 Å². The Hall–Kier alpha value is -11.8. The molecule has 0 spiro atoms. The summed E-state index contributed by atoms with van der Waals surface area (Å²) in [6, 6.07) is -10.9. The van der Waals surface area contributed by atoms with Crippen molar-refractivity contribution in [3.05, 3.63) is 59.7 Å². The molecule has 662 valence electrons. The Morgan fingerprint density at radius 2 is 0.706 bits per heavy atom. The van der Waals surface area contributed by atoms with Gasteiger partial charge >= 0.3 is 17.9 Å². The van der Waals surface area contributed by atoms with Crippen molar-refractivity contribution in [1.82, 2.24) is 79.8 Å². The van der Waals surface area contributed by atoms with Gasteiger partial charge in [-0.05, 0) is 118 Å². The lowest BCUT2D eigenvalue weighted by Gasteiger charge is -2.28. The van der Waals surface area contributed by atoms with Crippen LogP contribution >= 0.6 is 11.8 Å². The first-order valence-corrected chi connectivity index (χ1v) is 39.2. The number of hydrogen-bond acceptors (Lipinski definition) is 26. The zero-order valence-electron chi connectivity index (χ0n) is 67.5. The highest BCUT2D eigenvalue weighted by Gasteiger charge is 2.39. The van der Waals surface area contributed by atoms with Crippen LogP contribution in [0.3, 0.4) is 0 Å². The quantitative estimate of drug-likeness (QED) is 0.0292. The topological polar surface area (TPSA) is 719 Å². The second-order valence-electron chi connectivity index (χ2n) is 29.3. The molecule has 0 aliphatic carbocycles. The van der Waals surface area contributed by atoms with Crippen LogP contribution < -0.4 is 91.2 Å². The first-order chi connectivity index (χ1) is 55.6. The number of carbonyl (C=O) groups is 19. The minimum absolute atomic E-state index is 0.0675. The lowest BCUT2D eigenvalue weighted by Crippen LogP contribution is -2.62. The maximum absolute atomic E-state index is 14.4. The van der Waals surface area contributed by atoms with Gasteiger partial charge in [-0.1, -0.05) is 65.8 Å². The molecule has 0 aliphatic heterocycles. The molecule has 44 nitrogen and oxygen atoms in total. The van der Waals surface area contributed by atoms with Gasteiger partial charge in [0, 0.05) is 19.3 Å². The molecule has 0 aromatic heterocycles. The van der Waals surface area contributed by atoms with Gasteiger partial charge in [0.1, 0.15) is 90.0 Å². The number of nitrogens with one attached hydrogen (secondary N) is 15. The zero-order chi connectivity index (χ0) is 90.2. The number of phenols is 2. The molecular weight excluding hydrogens is 1590 g/mol. The van der Waals surface area contributed by atoms with Gasteiger partial charge in [-0.25, -0.2) is 4.79 Å². The molecule has 2 rings (SSSR count). The van der Waals surface area contributed by atoms with Crippen molar-refractivity contribution in [2.24, 2.45) is 29.2 Å². The third-order valence-electron chi connectivity index (χ3n) is 17.4. The number of nitrogens with two attached hydrogens (primary N) is 2. The summed E-state index contributed by atoms with van der Waals surface area (Å²) in [6.45, 7) is 9.92. The van der Waals surface area contributed by atoms with Gasteiger partial charge in [0.15, 0.2) is 0 Å². The van der Waals surface area contributed by atoms with E-state index in [1.807, 2.05) is 10.6 Å². The van der Waals surface area contributed by atoms with Gasteiger partial charge in [-0.2, -0.15) is 11.8 Å². The summed E-state index contributed by atoms with van der Waals surface area (Å²) < 4.78 is 0. The van der Waals surface area contributed by atoms with Gasteiger partial charge in [0.2, 0.25) is 94.5 Å². The number of amides is 16. The largest absolute Gasteiger partial charge is 0.508 e. The molecule has 0 bridgehead atoms. The minimum Gasteiger partial charge on any atom is -0.508 e. The number of carboxylic acids is 3. The molecule has 0 radical (unpaired) electrons. The number of benzene rings is 2. The summed E-state index contributed by atoms with van der Waals surface area (Å²) in [5, 5.41) is 113. The van der Waals surface area contributed by atoms with E-state index in [1.54, 1.807) is 47.8 Å². The molecule has 0 heterocycles. The predicted molar refractivity (Wildman–Crippen MR) is 422 cm³/mol. The van der Waals surface area contributed by atoms with E-state index < -0.39 is 255 Å². The lowest BCUT2D eigenvalue weighted by atomic mass is 9.99. The molecule has 0 aliphatic rings. The smallest absolute Gasteiger partial charge is 0.328 e. The van der Waals surface area contributed by atoms with Gasteiger partial charge in [0.25, 0.3) is 0 Å². The van der Waals surface area contributed by atoms with Crippen LogP contribution in [0.15, 0.2) is 48.5 Å². The fourth-order valence-corrected chi connectivity index (χ4v) is 11.5. The van der Waals surface area contributed by atoms with Crippen molar-refractivity contribution in [3.63, 3.8) is 0 Å². The van der Waals surface area contributed by atoms with Crippen LogP contribution in [-0.2, 0) is 104 Å². The molecule has 2 aromatic carbocycles. The highest BCUT2D eigenvalue weighted by Crippen LogP contribution is 2.17. The van der Waals surface area contributed by atoms with Gasteiger partial charge < -0.3 is 132 Å². The number of hydrogen-bond donors (Lipinski definition) is 25. The molecule has 45 heteroatoms. The van der Waals surface area contributed by atoms with E-state index in [2.05, 4.69) is 69.1 Å². The molecule has 2 aromatic rings. The lowest BCUT2D eigenvalue weighted by molar-refractivity contribution is -0.143. The summed E-state index contributed by atoms with van der Waals surface area (Å²) >= 11 is 1.18. The third kappa shape index (κ3) is 39.8. The number of primary amides is 1. The van der Waals surface area contributed by atoms with Crippen LogP contribution in [-0.4, -0.2) is 282 Å². The molecule has 0 saturated heterocycles. The van der Waals surface area contributed by atoms with Crippen LogP contribution in [0.5, 0.6) is 11.5 Å². The van der Waals surface area contributed by atoms with Crippen molar-refractivity contribution in [2.45, 2.75) is 217 Å². The average molecular weight is 1700 g/mol. The molecule has 0 unspecified atom stereocenters. The van der Waals surface area contributed by atoms with Crippen LogP contribution in [0.1, 0.15) is 125 Å². The first-order valence-electron chi connectivity index (χ1n) is 37.8. The zero-order valence-corrected chi connectivity index (χ0v) is 68.3. The normalized spacial score (nSPS) is 14.9. The number of aromatic hydroxyl groups is 2. The van der Waals surface area contributed by atoms with Crippen LogP contribution in [0.2, 0.25) is 0 Å². The van der Waals surface area contributed by atoms with E-state index in [4.69, 9.17) is 11.5 Å². The third-order valence-corrected chi connectivity index (χ3v) is 18.0. The Morgan fingerprint density at radius 3 is 1.10 bits per heavy atom.